The molecule has 1 fully saturated rings. The van der Waals surface area contributed by atoms with Crippen molar-refractivity contribution in [2.75, 3.05) is 19.7 Å². The molecule has 4 rings (SSSR count). The third-order valence-electron chi connectivity index (χ3n) is 4.98. The Bertz CT molecular complexity index is 698. The summed E-state index contributed by atoms with van der Waals surface area (Å²) in [6, 6.07) is 5.93. The minimum absolute atomic E-state index is 0.557. The second-order valence-corrected chi connectivity index (χ2v) is 6.96. The maximum Gasteiger partial charge on any atom is 0.213 e. The van der Waals surface area contributed by atoms with Gasteiger partial charge in [0.2, 0.25) is 5.88 Å². The van der Waals surface area contributed by atoms with Gasteiger partial charge in [-0.05, 0) is 38.8 Å². The van der Waals surface area contributed by atoms with Crippen LogP contribution in [-0.4, -0.2) is 44.3 Å². The van der Waals surface area contributed by atoms with Gasteiger partial charge in [-0.25, -0.2) is 4.98 Å². The second-order valence-electron chi connectivity index (χ2n) is 6.96. The first-order chi connectivity index (χ1) is 11.8. The van der Waals surface area contributed by atoms with Crippen LogP contribution in [0.1, 0.15) is 36.6 Å². The number of hydrogen-bond donors (Lipinski definition) is 0. The Labute approximate surface area is 142 Å². The van der Waals surface area contributed by atoms with E-state index in [9.17, 15) is 0 Å². The van der Waals surface area contributed by atoms with E-state index in [1.807, 2.05) is 25.1 Å². The van der Waals surface area contributed by atoms with Gasteiger partial charge in [-0.2, -0.15) is 0 Å². The molecular weight excluding hydrogens is 302 g/mol. The lowest BCUT2D eigenvalue weighted by Gasteiger charge is -2.32. The molecule has 6 heteroatoms. The molecule has 0 radical (unpaired) electrons. The number of likely N-dealkylation sites (tertiary alicyclic amines) is 1. The van der Waals surface area contributed by atoms with E-state index in [0.29, 0.717) is 5.92 Å². The maximum atomic E-state index is 5.91. The Hall–Kier alpha value is -1.95. The molecule has 4 heterocycles. The predicted octanol–water partition coefficient (Wildman–Crippen LogP) is 2.22. The maximum absolute atomic E-state index is 5.91. The summed E-state index contributed by atoms with van der Waals surface area (Å²) in [6.45, 7) is 6.93. The van der Waals surface area contributed by atoms with Crippen LogP contribution >= 0.6 is 0 Å². The Kier molecular flexibility index (Phi) is 4.47. The van der Waals surface area contributed by atoms with E-state index in [-0.39, 0.29) is 0 Å². The lowest BCUT2D eigenvalue weighted by atomic mass is 9.99. The van der Waals surface area contributed by atoms with Crippen molar-refractivity contribution in [2.45, 2.75) is 45.7 Å². The summed E-state index contributed by atoms with van der Waals surface area (Å²) in [6.07, 6.45) is 4.72. The summed E-state index contributed by atoms with van der Waals surface area (Å²) in [5, 5.41) is 8.71. The second kappa shape index (κ2) is 6.89. The van der Waals surface area contributed by atoms with Gasteiger partial charge in [0.1, 0.15) is 11.6 Å². The summed E-state index contributed by atoms with van der Waals surface area (Å²) in [4.78, 5) is 6.92. The molecule has 0 N–H and O–H groups in total. The van der Waals surface area contributed by atoms with Crippen LogP contribution in [0.4, 0.5) is 0 Å². The van der Waals surface area contributed by atoms with Crippen molar-refractivity contribution in [1.29, 1.82) is 0 Å². The first kappa shape index (κ1) is 15.6. The molecule has 2 aromatic heterocycles. The Morgan fingerprint density at radius 3 is 3.08 bits per heavy atom. The van der Waals surface area contributed by atoms with Gasteiger partial charge in [0.25, 0.3) is 0 Å². The molecule has 24 heavy (non-hydrogen) atoms. The van der Waals surface area contributed by atoms with Crippen LogP contribution in [0.15, 0.2) is 18.2 Å². The summed E-state index contributed by atoms with van der Waals surface area (Å²) in [5.41, 5.74) is 0.999. The number of fused-ring (bicyclic) bond motifs is 1. The monoisotopic (exact) mass is 327 g/mol. The van der Waals surface area contributed by atoms with Crippen molar-refractivity contribution in [2.24, 2.45) is 5.92 Å². The number of pyridine rings is 1. The number of nitrogens with zero attached hydrogens (tertiary/aromatic N) is 5. The van der Waals surface area contributed by atoms with Crippen molar-refractivity contribution in [3.63, 3.8) is 0 Å². The highest BCUT2D eigenvalue weighted by atomic mass is 16.5. The molecule has 6 nitrogen and oxygen atoms in total. The molecule has 2 aromatic rings. The molecule has 2 aliphatic rings. The van der Waals surface area contributed by atoms with E-state index in [0.717, 1.165) is 62.4 Å². The first-order valence-corrected chi connectivity index (χ1v) is 8.98. The van der Waals surface area contributed by atoms with Gasteiger partial charge < -0.3 is 9.30 Å². The molecule has 2 aliphatic heterocycles. The van der Waals surface area contributed by atoms with Crippen molar-refractivity contribution in [3.8, 4) is 5.88 Å². The molecule has 0 saturated carbocycles. The van der Waals surface area contributed by atoms with Crippen LogP contribution in [0.5, 0.6) is 5.88 Å². The predicted molar refractivity (Wildman–Crippen MR) is 90.8 cm³/mol. The van der Waals surface area contributed by atoms with Crippen LogP contribution in [0.3, 0.4) is 0 Å². The normalized spacial score (nSPS) is 21.0. The average molecular weight is 327 g/mol. The van der Waals surface area contributed by atoms with Gasteiger partial charge in [-0.15, -0.1) is 10.2 Å². The van der Waals surface area contributed by atoms with E-state index >= 15 is 0 Å². The zero-order valence-electron chi connectivity index (χ0n) is 14.3. The highest BCUT2D eigenvalue weighted by Gasteiger charge is 2.24. The largest absolute Gasteiger partial charge is 0.477 e. The van der Waals surface area contributed by atoms with Gasteiger partial charge in [-0.1, -0.05) is 6.07 Å². The van der Waals surface area contributed by atoms with E-state index in [4.69, 9.17) is 4.74 Å². The number of piperidine rings is 1. The molecule has 0 spiro atoms. The van der Waals surface area contributed by atoms with Crippen LogP contribution in [-0.2, 0) is 19.5 Å². The highest BCUT2D eigenvalue weighted by molar-refractivity contribution is 5.14. The van der Waals surface area contributed by atoms with Crippen LogP contribution in [0.25, 0.3) is 0 Å². The smallest absolute Gasteiger partial charge is 0.213 e. The third kappa shape index (κ3) is 3.43. The molecule has 1 atom stereocenters. The fourth-order valence-corrected chi connectivity index (χ4v) is 3.76. The number of hydrogen-bond acceptors (Lipinski definition) is 5. The average Bonchev–Trinajstić information content (AvgIpc) is 3.19. The zero-order chi connectivity index (χ0) is 16.4. The molecule has 0 bridgehead atoms. The third-order valence-corrected chi connectivity index (χ3v) is 4.98. The van der Waals surface area contributed by atoms with Crippen molar-refractivity contribution in [3.05, 3.63) is 35.5 Å². The summed E-state index contributed by atoms with van der Waals surface area (Å²) < 4.78 is 8.22. The molecule has 128 valence electrons. The summed E-state index contributed by atoms with van der Waals surface area (Å²) >= 11 is 0. The summed E-state index contributed by atoms with van der Waals surface area (Å²) in [7, 11) is 0. The quantitative estimate of drug-likeness (QED) is 0.843. The van der Waals surface area contributed by atoms with Crippen molar-refractivity contribution < 1.29 is 4.74 Å². The molecule has 0 amide bonds. The van der Waals surface area contributed by atoms with Gasteiger partial charge in [-0.3, -0.25) is 4.90 Å². The minimum atomic E-state index is 0.557. The fourth-order valence-electron chi connectivity index (χ4n) is 3.76. The first-order valence-electron chi connectivity index (χ1n) is 8.98. The Morgan fingerprint density at radius 2 is 2.17 bits per heavy atom. The number of ether oxygens (including phenoxy) is 1. The SMILES string of the molecule is Cc1cccc(OCC2CCCN(Cc3nnc4n3CCC4)C2)n1. The van der Waals surface area contributed by atoms with Crippen molar-refractivity contribution >= 4 is 0 Å². The Balaban J connectivity index is 1.32. The van der Waals surface area contributed by atoms with Gasteiger partial charge in [0.05, 0.1) is 13.2 Å². The number of aromatic nitrogens is 4. The highest BCUT2D eigenvalue weighted by Crippen LogP contribution is 2.21. The topological polar surface area (TPSA) is 56.1 Å². The standard InChI is InChI=1S/C18H25N5O/c1-14-5-2-8-18(19-14)24-13-15-6-3-9-22(11-15)12-17-21-20-16-7-4-10-23(16)17/h2,5,8,15H,3-4,6-7,9-13H2,1H3. The van der Waals surface area contributed by atoms with Gasteiger partial charge in [0.15, 0.2) is 0 Å². The lowest BCUT2D eigenvalue weighted by Crippen LogP contribution is -2.37. The lowest BCUT2D eigenvalue weighted by molar-refractivity contribution is 0.120. The van der Waals surface area contributed by atoms with Gasteiger partial charge >= 0.3 is 0 Å². The van der Waals surface area contributed by atoms with Crippen LogP contribution < -0.4 is 4.74 Å². The fraction of sp³-hybridized carbons (Fsp3) is 0.611. The Morgan fingerprint density at radius 1 is 1.21 bits per heavy atom. The number of rotatable bonds is 5. The minimum Gasteiger partial charge on any atom is -0.477 e. The molecule has 1 unspecified atom stereocenters. The van der Waals surface area contributed by atoms with Crippen molar-refractivity contribution in [1.82, 2.24) is 24.6 Å². The van der Waals surface area contributed by atoms with E-state index < -0.39 is 0 Å². The van der Waals surface area contributed by atoms with Crippen LogP contribution in [0, 0.1) is 12.8 Å². The molecular formula is C18H25N5O. The molecule has 1 saturated heterocycles. The number of aryl methyl sites for hydroxylation is 2. The van der Waals surface area contributed by atoms with E-state index in [2.05, 4.69) is 24.6 Å². The molecule has 0 aliphatic carbocycles. The van der Waals surface area contributed by atoms with Crippen LogP contribution in [0.2, 0.25) is 0 Å². The van der Waals surface area contributed by atoms with E-state index in [1.165, 1.54) is 19.3 Å². The zero-order valence-corrected chi connectivity index (χ0v) is 14.3. The van der Waals surface area contributed by atoms with Gasteiger partial charge in [0, 0.05) is 37.2 Å². The molecule has 0 aromatic carbocycles. The van der Waals surface area contributed by atoms with E-state index in [1.54, 1.807) is 0 Å². The summed E-state index contributed by atoms with van der Waals surface area (Å²) in [5.74, 6) is 3.58.